The van der Waals surface area contributed by atoms with Gasteiger partial charge in [-0.25, -0.2) is 9.37 Å². The van der Waals surface area contributed by atoms with Crippen molar-refractivity contribution in [3.05, 3.63) is 28.5 Å². The summed E-state index contributed by atoms with van der Waals surface area (Å²) in [5.41, 5.74) is 5.43. The van der Waals surface area contributed by atoms with E-state index < -0.39 is 11.7 Å². The molecule has 0 spiro atoms. The van der Waals surface area contributed by atoms with E-state index in [1.54, 1.807) is 0 Å². The molecule has 6 heteroatoms. The fraction of sp³-hybridized carbons (Fsp3) is 0. The highest BCUT2D eigenvalue weighted by Crippen LogP contribution is 2.26. The Kier molecular flexibility index (Phi) is 2.10. The number of aromatic nitrogens is 1. The molecule has 1 aromatic heterocycles. The van der Waals surface area contributed by atoms with E-state index in [2.05, 4.69) is 4.98 Å². The van der Waals surface area contributed by atoms with Crippen LogP contribution in [0, 0.1) is 17.1 Å². The fourth-order valence-electron chi connectivity index (χ4n) is 1.23. The number of hydrogen-bond donors (Lipinski definition) is 1. The number of nitrogens with zero attached hydrogens (tertiary/aromatic N) is 2. The average molecular weight is 221 g/mol. The number of fused-ring (bicyclic) bond motifs is 1. The third-order valence-corrected chi connectivity index (χ3v) is 2.83. The van der Waals surface area contributed by atoms with Crippen LogP contribution in [0.4, 0.5) is 4.39 Å². The Balaban J connectivity index is 2.85. The van der Waals surface area contributed by atoms with Crippen LogP contribution < -0.4 is 5.73 Å². The monoisotopic (exact) mass is 221 g/mol. The lowest BCUT2D eigenvalue weighted by Gasteiger charge is -1.96. The van der Waals surface area contributed by atoms with Gasteiger partial charge in [0, 0.05) is 6.07 Å². The zero-order valence-electron chi connectivity index (χ0n) is 7.32. The summed E-state index contributed by atoms with van der Waals surface area (Å²) in [6.45, 7) is 0. The number of benzene rings is 1. The van der Waals surface area contributed by atoms with E-state index in [-0.39, 0.29) is 16.1 Å². The lowest BCUT2D eigenvalue weighted by atomic mass is 10.2. The van der Waals surface area contributed by atoms with Gasteiger partial charge in [-0.2, -0.15) is 5.26 Å². The van der Waals surface area contributed by atoms with E-state index in [1.807, 2.05) is 6.07 Å². The molecular formula is C9H4FN3OS. The molecule has 0 atom stereocenters. The number of nitriles is 1. The van der Waals surface area contributed by atoms with E-state index in [0.717, 1.165) is 17.4 Å². The van der Waals surface area contributed by atoms with Crippen LogP contribution >= 0.6 is 11.3 Å². The van der Waals surface area contributed by atoms with Crippen molar-refractivity contribution in [2.75, 3.05) is 0 Å². The van der Waals surface area contributed by atoms with Gasteiger partial charge in [0.15, 0.2) is 5.01 Å². The van der Waals surface area contributed by atoms with Crippen LogP contribution in [0.2, 0.25) is 0 Å². The summed E-state index contributed by atoms with van der Waals surface area (Å²) in [6.07, 6.45) is 0. The molecular weight excluding hydrogens is 217 g/mol. The van der Waals surface area contributed by atoms with Crippen LogP contribution in [-0.2, 0) is 0 Å². The Labute approximate surface area is 87.8 Å². The van der Waals surface area contributed by atoms with Crippen molar-refractivity contribution in [3.8, 4) is 6.07 Å². The zero-order valence-corrected chi connectivity index (χ0v) is 8.14. The van der Waals surface area contributed by atoms with Crippen LogP contribution in [0.5, 0.6) is 0 Å². The molecule has 0 saturated carbocycles. The van der Waals surface area contributed by atoms with Gasteiger partial charge in [-0.1, -0.05) is 0 Å². The van der Waals surface area contributed by atoms with Crippen LogP contribution in [0.25, 0.3) is 10.2 Å². The van der Waals surface area contributed by atoms with E-state index in [1.165, 1.54) is 6.07 Å². The van der Waals surface area contributed by atoms with Gasteiger partial charge in [-0.15, -0.1) is 11.3 Å². The van der Waals surface area contributed by atoms with Gasteiger partial charge in [0.1, 0.15) is 11.9 Å². The number of rotatable bonds is 1. The minimum Gasteiger partial charge on any atom is -0.366 e. The van der Waals surface area contributed by atoms with Gasteiger partial charge in [0.2, 0.25) is 5.91 Å². The number of nitrogens with two attached hydrogens (primary N) is 1. The largest absolute Gasteiger partial charge is 0.366 e. The molecule has 1 heterocycles. The lowest BCUT2D eigenvalue weighted by Crippen LogP contribution is -2.11. The third-order valence-electron chi connectivity index (χ3n) is 1.82. The van der Waals surface area contributed by atoms with Crippen LogP contribution in [-0.4, -0.2) is 10.9 Å². The maximum Gasteiger partial charge on any atom is 0.250 e. The second kappa shape index (κ2) is 3.29. The Morgan fingerprint density at radius 3 is 2.93 bits per heavy atom. The highest BCUT2D eigenvalue weighted by molar-refractivity contribution is 7.19. The molecule has 0 aliphatic rings. The first kappa shape index (κ1) is 9.55. The summed E-state index contributed by atoms with van der Waals surface area (Å²) >= 11 is 1.02. The molecule has 74 valence electrons. The number of primary amides is 1. The summed E-state index contributed by atoms with van der Waals surface area (Å²) < 4.78 is 13.5. The van der Waals surface area contributed by atoms with Crippen LogP contribution in [0.1, 0.15) is 15.4 Å². The summed E-state index contributed by atoms with van der Waals surface area (Å²) in [7, 11) is 0. The van der Waals surface area contributed by atoms with E-state index in [4.69, 9.17) is 11.0 Å². The number of halogens is 1. The molecule has 0 aliphatic carbocycles. The zero-order chi connectivity index (χ0) is 11.0. The Bertz CT molecular complexity index is 599. The summed E-state index contributed by atoms with van der Waals surface area (Å²) in [5.74, 6) is -1.32. The minimum atomic E-state index is -0.729. The molecule has 4 nitrogen and oxygen atoms in total. The standard InChI is InChI=1S/C9H4FN3OS/c10-4-1-5(9(12)14)8-6(2-4)13-7(3-11)15-8/h1-2H,(H2,12,14). The summed E-state index contributed by atoms with van der Waals surface area (Å²) in [4.78, 5) is 14.9. The fourth-order valence-corrected chi connectivity index (χ4v) is 2.09. The van der Waals surface area contributed by atoms with Gasteiger partial charge in [0.25, 0.3) is 0 Å². The normalized spacial score (nSPS) is 10.1. The van der Waals surface area contributed by atoms with E-state index in [9.17, 15) is 9.18 Å². The first-order valence-corrected chi connectivity index (χ1v) is 4.73. The summed E-state index contributed by atoms with van der Waals surface area (Å²) in [6, 6.07) is 4.05. The van der Waals surface area contributed by atoms with Crippen LogP contribution in [0.3, 0.4) is 0 Å². The van der Waals surface area contributed by atoms with Gasteiger partial charge in [-0.3, -0.25) is 4.79 Å². The van der Waals surface area contributed by atoms with Gasteiger partial charge in [0.05, 0.1) is 15.8 Å². The van der Waals surface area contributed by atoms with Crippen molar-refractivity contribution < 1.29 is 9.18 Å². The van der Waals surface area contributed by atoms with Gasteiger partial charge < -0.3 is 5.73 Å². The first-order chi connectivity index (χ1) is 7.11. The van der Waals surface area contributed by atoms with Crippen molar-refractivity contribution in [1.29, 1.82) is 5.26 Å². The maximum atomic E-state index is 13.0. The average Bonchev–Trinajstić information content (AvgIpc) is 2.58. The van der Waals surface area contributed by atoms with Crippen molar-refractivity contribution in [2.45, 2.75) is 0 Å². The predicted molar refractivity (Wildman–Crippen MR) is 52.8 cm³/mol. The van der Waals surface area contributed by atoms with Crippen molar-refractivity contribution in [3.63, 3.8) is 0 Å². The molecule has 1 aromatic carbocycles. The molecule has 2 rings (SSSR count). The highest BCUT2D eigenvalue weighted by Gasteiger charge is 2.13. The van der Waals surface area contributed by atoms with Crippen molar-refractivity contribution >= 4 is 27.5 Å². The van der Waals surface area contributed by atoms with Gasteiger partial charge in [-0.05, 0) is 6.07 Å². The lowest BCUT2D eigenvalue weighted by molar-refractivity contribution is 0.100. The van der Waals surface area contributed by atoms with Crippen molar-refractivity contribution in [1.82, 2.24) is 4.98 Å². The second-order valence-electron chi connectivity index (χ2n) is 2.80. The Morgan fingerprint density at radius 1 is 1.60 bits per heavy atom. The Morgan fingerprint density at radius 2 is 2.33 bits per heavy atom. The molecule has 0 fully saturated rings. The highest BCUT2D eigenvalue weighted by atomic mass is 32.1. The van der Waals surface area contributed by atoms with E-state index >= 15 is 0 Å². The molecule has 0 aliphatic heterocycles. The smallest absolute Gasteiger partial charge is 0.250 e. The van der Waals surface area contributed by atoms with Crippen molar-refractivity contribution in [2.24, 2.45) is 5.73 Å². The molecule has 15 heavy (non-hydrogen) atoms. The molecule has 2 aromatic rings. The summed E-state index contributed by atoms with van der Waals surface area (Å²) in [5, 5.41) is 8.80. The number of amides is 1. The number of carbonyl (C=O) groups is 1. The quantitative estimate of drug-likeness (QED) is 0.790. The number of thiazole rings is 1. The van der Waals surface area contributed by atoms with Crippen LogP contribution in [0.15, 0.2) is 12.1 Å². The SMILES string of the molecule is N#Cc1nc2cc(F)cc(C(N)=O)c2s1. The topological polar surface area (TPSA) is 79.8 Å². The molecule has 1 amide bonds. The minimum absolute atomic E-state index is 0.0593. The number of carbonyl (C=O) groups excluding carboxylic acids is 1. The second-order valence-corrected chi connectivity index (χ2v) is 3.80. The molecule has 2 N–H and O–H groups in total. The number of hydrogen-bond acceptors (Lipinski definition) is 4. The molecule has 0 radical (unpaired) electrons. The van der Waals surface area contributed by atoms with E-state index in [0.29, 0.717) is 4.70 Å². The molecule has 0 saturated heterocycles. The molecule has 0 unspecified atom stereocenters. The maximum absolute atomic E-state index is 13.0. The third kappa shape index (κ3) is 1.53. The molecule has 0 bridgehead atoms. The predicted octanol–water partition coefficient (Wildman–Crippen LogP) is 1.41. The Hall–Kier alpha value is -2.00. The van der Waals surface area contributed by atoms with Gasteiger partial charge >= 0.3 is 0 Å². The first-order valence-electron chi connectivity index (χ1n) is 3.92.